The lowest BCUT2D eigenvalue weighted by atomic mass is 10.2. The molecule has 106 valence electrons. The van der Waals surface area contributed by atoms with E-state index in [4.69, 9.17) is 11.6 Å². The molecule has 0 heterocycles. The second kappa shape index (κ2) is 6.36. The highest BCUT2D eigenvalue weighted by Gasteiger charge is 2.18. The van der Waals surface area contributed by atoms with Crippen molar-refractivity contribution in [1.29, 1.82) is 0 Å². The fourth-order valence-electron chi connectivity index (χ4n) is 1.37. The second-order valence-corrected chi connectivity index (χ2v) is 6.43. The summed E-state index contributed by atoms with van der Waals surface area (Å²) < 4.78 is 25.6. The minimum Gasteiger partial charge on any atom is -0.350 e. The summed E-state index contributed by atoms with van der Waals surface area (Å²) in [4.78, 5) is 12.0. The predicted molar refractivity (Wildman–Crippen MR) is 74.9 cm³/mol. The Morgan fingerprint density at radius 1 is 1.42 bits per heavy atom. The Morgan fingerprint density at radius 2 is 2.05 bits per heavy atom. The molecule has 1 rings (SSSR count). The van der Waals surface area contributed by atoms with Crippen molar-refractivity contribution in [3.63, 3.8) is 0 Å². The molecular weight excluding hydrogens is 288 g/mol. The van der Waals surface area contributed by atoms with Crippen LogP contribution in [0.5, 0.6) is 0 Å². The minimum atomic E-state index is -3.59. The molecular formula is C12H17ClN2O3S. The number of hydrogen-bond donors (Lipinski definition) is 2. The molecule has 5 nitrogen and oxygen atoms in total. The van der Waals surface area contributed by atoms with Crippen molar-refractivity contribution in [3.05, 3.63) is 28.8 Å². The van der Waals surface area contributed by atoms with Gasteiger partial charge in [-0.3, -0.25) is 4.79 Å². The van der Waals surface area contributed by atoms with Crippen molar-refractivity contribution in [1.82, 2.24) is 10.0 Å². The quantitative estimate of drug-likeness (QED) is 0.870. The fraction of sp³-hybridized carbons (Fsp3) is 0.417. The highest BCUT2D eigenvalue weighted by Crippen LogP contribution is 2.20. The number of carbonyl (C=O) groups is 1. The first-order chi connectivity index (χ1) is 8.81. The van der Waals surface area contributed by atoms with Crippen LogP contribution in [0.2, 0.25) is 5.02 Å². The molecule has 0 aliphatic heterocycles. The molecule has 7 heteroatoms. The van der Waals surface area contributed by atoms with Gasteiger partial charge in [-0.05, 0) is 38.6 Å². The van der Waals surface area contributed by atoms with Crippen molar-refractivity contribution in [2.75, 3.05) is 7.05 Å². The Morgan fingerprint density at radius 3 is 2.58 bits per heavy atom. The molecule has 1 atom stereocenters. The van der Waals surface area contributed by atoms with Gasteiger partial charge in [0.15, 0.2) is 0 Å². The molecule has 1 aromatic rings. The number of carbonyl (C=O) groups excluding carboxylic acids is 1. The zero-order valence-corrected chi connectivity index (χ0v) is 12.6. The SMILES string of the molecule is CCC(C)NC(=O)c1cc(S(=O)(=O)NC)ccc1Cl. The van der Waals surface area contributed by atoms with E-state index in [1.165, 1.54) is 25.2 Å². The topological polar surface area (TPSA) is 75.3 Å². The van der Waals surface area contributed by atoms with Crippen LogP contribution in [0, 0.1) is 0 Å². The van der Waals surface area contributed by atoms with Gasteiger partial charge in [-0.15, -0.1) is 0 Å². The van der Waals surface area contributed by atoms with Crippen LogP contribution >= 0.6 is 11.6 Å². The Balaban J connectivity index is 3.15. The summed E-state index contributed by atoms with van der Waals surface area (Å²) in [5.41, 5.74) is 0.151. The molecule has 1 aromatic carbocycles. The standard InChI is InChI=1S/C12H17ClN2O3S/c1-4-8(2)15-12(16)10-7-9(5-6-11(10)13)19(17,18)14-3/h5-8,14H,4H2,1-3H3,(H,15,16). The first-order valence-corrected chi connectivity index (χ1v) is 7.72. The van der Waals surface area contributed by atoms with E-state index in [0.717, 1.165) is 6.42 Å². The molecule has 0 fully saturated rings. The average molecular weight is 305 g/mol. The molecule has 0 aliphatic rings. The van der Waals surface area contributed by atoms with Gasteiger partial charge < -0.3 is 5.32 Å². The zero-order chi connectivity index (χ0) is 14.6. The predicted octanol–water partition coefficient (Wildman–Crippen LogP) is 1.78. The van der Waals surface area contributed by atoms with Gasteiger partial charge in [-0.2, -0.15) is 0 Å². The normalized spacial score (nSPS) is 13.1. The van der Waals surface area contributed by atoms with Crippen LogP contribution in [0.4, 0.5) is 0 Å². The van der Waals surface area contributed by atoms with Crippen LogP contribution in [0.1, 0.15) is 30.6 Å². The lowest BCUT2D eigenvalue weighted by Gasteiger charge is -2.13. The summed E-state index contributed by atoms with van der Waals surface area (Å²) >= 11 is 5.93. The lowest BCUT2D eigenvalue weighted by molar-refractivity contribution is 0.0939. The van der Waals surface area contributed by atoms with Gasteiger partial charge in [0.05, 0.1) is 15.5 Å². The van der Waals surface area contributed by atoms with E-state index in [2.05, 4.69) is 10.0 Å². The van der Waals surface area contributed by atoms with Crippen LogP contribution in [0.15, 0.2) is 23.1 Å². The molecule has 0 radical (unpaired) electrons. The van der Waals surface area contributed by atoms with Crippen LogP contribution < -0.4 is 10.0 Å². The number of nitrogens with one attached hydrogen (secondary N) is 2. The van der Waals surface area contributed by atoms with Crippen molar-refractivity contribution in [3.8, 4) is 0 Å². The number of sulfonamides is 1. The van der Waals surface area contributed by atoms with E-state index < -0.39 is 10.0 Å². The monoisotopic (exact) mass is 304 g/mol. The summed E-state index contributed by atoms with van der Waals surface area (Å²) in [5, 5.41) is 2.96. The molecule has 0 saturated heterocycles. The molecule has 1 amide bonds. The van der Waals surface area contributed by atoms with E-state index in [-0.39, 0.29) is 27.4 Å². The van der Waals surface area contributed by atoms with E-state index in [1.54, 1.807) is 0 Å². The van der Waals surface area contributed by atoms with Crippen LogP contribution in [-0.2, 0) is 10.0 Å². The Kier molecular flexibility index (Phi) is 5.34. The average Bonchev–Trinajstić information content (AvgIpc) is 2.38. The third kappa shape index (κ3) is 3.92. The highest BCUT2D eigenvalue weighted by atomic mass is 35.5. The van der Waals surface area contributed by atoms with Crippen molar-refractivity contribution < 1.29 is 13.2 Å². The van der Waals surface area contributed by atoms with Gasteiger partial charge in [-0.25, -0.2) is 13.1 Å². The number of amides is 1. The largest absolute Gasteiger partial charge is 0.350 e. The molecule has 0 bridgehead atoms. The molecule has 0 saturated carbocycles. The second-order valence-electron chi connectivity index (χ2n) is 4.13. The number of halogens is 1. The Hall–Kier alpha value is -1.11. The molecule has 0 aliphatic carbocycles. The molecule has 0 spiro atoms. The third-order valence-corrected chi connectivity index (χ3v) is 4.49. The summed E-state index contributed by atoms with van der Waals surface area (Å²) in [7, 11) is -2.29. The third-order valence-electron chi connectivity index (χ3n) is 2.75. The minimum absolute atomic E-state index is 0.00636. The van der Waals surface area contributed by atoms with Crippen LogP contribution in [0.25, 0.3) is 0 Å². The van der Waals surface area contributed by atoms with Gasteiger partial charge in [0.25, 0.3) is 5.91 Å². The van der Waals surface area contributed by atoms with Gasteiger partial charge in [0.2, 0.25) is 10.0 Å². The van der Waals surface area contributed by atoms with Crippen molar-refractivity contribution in [2.45, 2.75) is 31.2 Å². The Labute approximate surface area is 118 Å². The molecule has 19 heavy (non-hydrogen) atoms. The summed E-state index contributed by atoms with van der Waals surface area (Å²) in [6.07, 6.45) is 0.776. The van der Waals surface area contributed by atoms with E-state index in [1.807, 2.05) is 13.8 Å². The Bertz CT molecular complexity index is 572. The van der Waals surface area contributed by atoms with Gasteiger partial charge in [0, 0.05) is 6.04 Å². The zero-order valence-electron chi connectivity index (χ0n) is 11.0. The summed E-state index contributed by atoms with van der Waals surface area (Å²) in [5.74, 6) is -0.382. The van der Waals surface area contributed by atoms with Crippen molar-refractivity contribution >= 4 is 27.5 Å². The maximum absolute atomic E-state index is 12.0. The van der Waals surface area contributed by atoms with Crippen LogP contribution in [0.3, 0.4) is 0 Å². The molecule has 0 aromatic heterocycles. The number of hydrogen-bond acceptors (Lipinski definition) is 3. The van der Waals surface area contributed by atoms with Gasteiger partial charge >= 0.3 is 0 Å². The maximum Gasteiger partial charge on any atom is 0.253 e. The van der Waals surface area contributed by atoms with Crippen LogP contribution in [-0.4, -0.2) is 27.4 Å². The fourth-order valence-corrected chi connectivity index (χ4v) is 2.33. The smallest absolute Gasteiger partial charge is 0.253 e. The van der Waals surface area contributed by atoms with E-state index >= 15 is 0 Å². The summed E-state index contributed by atoms with van der Waals surface area (Å²) in [6.45, 7) is 3.80. The highest BCUT2D eigenvalue weighted by molar-refractivity contribution is 7.89. The van der Waals surface area contributed by atoms with E-state index in [9.17, 15) is 13.2 Å². The first kappa shape index (κ1) is 15.9. The van der Waals surface area contributed by atoms with Gasteiger partial charge in [0.1, 0.15) is 0 Å². The number of rotatable bonds is 5. The molecule has 2 N–H and O–H groups in total. The van der Waals surface area contributed by atoms with Crippen molar-refractivity contribution in [2.24, 2.45) is 0 Å². The summed E-state index contributed by atoms with van der Waals surface area (Å²) in [6, 6.07) is 4.02. The van der Waals surface area contributed by atoms with E-state index in [0.29, 0.717) is 0 Å². The lowest BCUT2D eigenvalue weighted by Crippen LogP contribution is -2.32. The molecule has 1 unspecified atom stereocenters. The first-order valence-electron chi connectivity index (χ1n) is 5.85. The van der Waals surface area contributed by atoms with Gasteiger partial charge in [-0.1, -0.05) is 18.5 Å². The maximum atomic E-state index is 12.0. The number of benzene rings is 1.